The molecule has 0 saturated heterocycles. The number of halogens is 1. The van der Waals surface area contributed by atoms with E-state index in [4.69, 9.17) is 4.74 Å². The van der Waals surface area contributed by atoms with E-state index in [9.17, 15) is 9.18 Å². The first-order chi connectivity index (χ1) is 12.2. The quantitative estimate of drug-likeness (QED) is 0.728. The minimum absolute atomic E-state index is 0.139. The Bertz CT molecular complexity index is 849. The number of amides is 1. The number of ether oxygens (including phenoxy) is 1. The molecule has 0 aliphatic carbocycles. The maximum Gasteiger partial charge on any atom is 0.251 e. The minimum atomic E-state index is -0.331. The zero-order chi connectivity index (χ0) is 17.5. The molecule has 0 saturated carbocycles. The number of hydrogen-bond donors (Lipinski definition) is 1. The van der Waals surface area contributed by atoms with Crippen molar-refractivity contribution >= 4 is 5.91 Å². The van der Waals surface area contributed by atoms with E-state index in [2.05, 4.69) is 5.32 Å². The highest BCUT2D eigenvalue weighted by atomic mass is 19.1. The van der Waals surface area contributed by atoms with E-state index in [-0.39, 0.29) is 18.3 Å². The third-order valence-corrected chi connectivity index (χ3v) is 3.74. The lowest BCUT2D eigenvalue weighted by atomic mass is 10.1. The molecule has 0 radical (unpaired) electrons. The van der Waals surface area contributed by atoms with E-state index in [0.29, 0.717) is 23.5 Å². The summed E-state index contributed by atoms with van der Waals surface area (Å²) in [5.74, 6) is 0.0126. The van der Waals surface area contributed by atoms with Gasteiger partial charge >= 0.3 is 0 Å². The number of benzene rings is 3. The van der Waals surface area contributed by atoms with Crippen molar-refractivity contribution in [2.75, 3.05) is 0 Å². The molecule has 3 rings (SSSR count). The normalized spacial score (nSPS) is 10.3. The van der Waals surface area contributed by atoms with Gasteiger partial charge in [-0.2, -0.15) is 0 Å². The smallest absolute Gasteiger partial charge is 0.251 e. The van der Waals surface area contributed by atoms with Crippen LogP contribution in [-0.4, -0.2) is 5.91 Å². The molecule has 0 unspecified atom stereocenters. The first kappa shape index (κ1) is 16.7. The summed E-state index contributed by atoms with van der Waals surface area (Å²) in [5, 5.41) is 2.72. The number of carbonyl (C=O) groups excluding carboxylic acids is 1. The van der Waals surface area contributed by atoms with Gasteiger partial charge in [0.05, 0.1) is 0 Å². The highest BCUT2D eigenvalue weighted by Gasteiger charge is 2.08. The van der Waals surface area contributed by atoms with Gasteiger partial charge < -0.3 is 10.1 Å². The zero-order valence-electron chi connectivity index (χ0n) is 13.6. The Hall–Kier alpha value is -3.14. The summed E-state index contributed by atoms with van der Waals surface area (Å²) in [6.45, 7) is 0.571. The fourth-order valence-corrected chi connectivity index (χ4v) is 2.39. The van der Waals surface area contributed by atoms with Crippen LogP contribution in [0.15, 0.2) is 78.9 Å². The van der Waals surface area contributed by atoms with Crippen molar-refractivity contribution in [3.8, 4) is 5.75 Å². The standard InChI is InChI=1S/C21H18FNO2/c22-20-12-5-4-9-18(20)14-23-21(24)17-10-6-11-19(13-17)25-15-16-7-2-1-3-8-16/h1-13H,14-15H2,(H,23,24). The fourth-order valence-electron chi connectivity index (χ4n) is 2.39. The van der Waals surface area contributed by atoms with Crippen LogP contribution >= 0.6 is 0 Å². The SMILES string of the molecule is O=C(NCc1ccccc1F)c1cccc(OCc2ccccc2)c1. The second-order valence-electron chi connectivity index (χ2n) is 5.58. The van der Waals surface area contributed by atoms with Gasteiger partial charge in [-0.05, 0) is 29.8 Å². The summed E-state index contributed by atoms with van der Waals surface area (Å²) < 4.78 is 19.3. The molecular weight excluding hydrogens is 317 g/mol. The van der Waals surface area contributed by atoms with Crippen molar-refractivity contribution in [1.82, 2.24) is 5.32 Å². The Morgan fingerprint density at radius 3 is 2.48 bits per heavy atom. The van der Waals surface area contributed by atoms with Crippen LogP contribution in [0.25, 0.3) is 0 Å². The molecule has 0 aliphatic heterocycles. The zero-order valence-corrected chi connectivity index (χ0v) is 13.6. The molecule has 0 fully saturated rings. The van der Waals surface area contributed by atoms with E-state index in [1.807, 2.05) is 30.3 Å². The number of nitrogens with one attached hydrogen (secondary N) is 1. The first-order valence-corrected chi connectivity index (χ1v) is 8.01. The van der Waals surface area contributed by atoms with Crippen molar-refractivity contribution in [3.63, 3.8) is 0 Å². The van der Waals surface area contributed by atoms with Crippen LogP contribution in [0, 0.1) is 5.82 Å². The fraction of sp³-hybridized carbons (Fsp3) is 0.0952. The topological polar surface area (TPSA) is 38.3 Å². The third kappa shape index (κ3) is 4.67. The number of carbonyl (C=O) groups is 1. The van der Waals surface area contributed by atoms with Crippen LogP contribution in [-0.2, 0) is 13.2 Å². The summed E-state index contributed by atoms with van der Waals surface area (Å²) in [7, 11) is 0. The second-order valence-corrected chi connectivity index (χ2v) is 5.58. The molecule has 0 aliphatic rings. The summed E-state index contributed by atoms with van der Waals surface area (Å²) in [6, 6.07) is 23.1. The molecule has 0 bridgehead atoms. The lowest BCUT2D eigenvalue weighted by Crippen LogP contribution is -2.23. The average molecular weight is 335 g/mol. The summed E-state index contributed by atoms with van der Waals surface area (Å²) in [5.41, 5.74) is 1.98. The molecule has 0 spiro atoms. The second kappa shape index (κ2) is 8.11. The van der Waals surface area contributed by atoms with E-state index in [1.54, 1.807) is 42.5 Å². The molecule has 126 valence electrons. The van der Waals surface area contributed by atoms with E-state index in [1.165, 1.54) is 6.07 Å². The monoisotopic (exact) mass is 335 g/mol. The summed E-state index contributed by atoms with van der Waals surface area (Å²) in [4.78, 5) is 12.3. The van der Waals surface area contributed by atoms with Gasteiger partial charge in [0.15, 0.2) is 0 Å². The van der Waals surface area contributed by atoms with Gasteiger partial charge in [0.2, 0.25) is 0 Å². The molecule has 4 heteroatoms. The van der Waals surface area contributed by atoms with Crippen molar-refractivity contribution in [2.45, 2.75) is 13.2 Å². The minimum Gasteiger partial charge on any atom is -0.489 e. The number of rotatable bonds is 6. The van der Waals surface area contributed by atoms with Gasteiger partial charge in [-0.25, -0.2) is 4.39 Å². The molecule has 3 aromatic carbocycles. The van der Waals surface area contributed by atoms with Gasteiger partial charge in [0, 0.05) is 17.7 Å². The molecule has 0 heterocycles. The average Bonchev–Trinajstić information content (AvgIpc) is 2.66. The Kier molecular flexibility index (Phi) is 5.42. The first-order valence-electron chi connectivity index (χ1n) is 8.01. The maximum absolute atomic E-state index is 13.6. The van der Waals surface area contributed by atoms with E-state index in [0.717, 1.165) is 5.56 Å². The van der Waals surface area contributed by atoms with Crippen molar-refractivity contribution < 1.29 is 13.9 Å². The number of hydrogen-bond acceptors (Lipinski definition) is 2. The van der Waals surface area contributed by atoms with Crippen LogP contribution in [0.3, 0.4) is 0 Å². The van der Waals surface area contributed by atoms with Crippen LogP contribution < -0.4 is 10.1 Å². The van der Waals surface area contributed by atoms with Crippen LogP contribution in [0.2, 0.25) is 0 Å². The van der Waals surface area contributed by atoms with Gasteiger partial charge in [-0.15, -0.1) is 0 Å². The molecule has 1 amide bonds. The largest absolute Gasteiger partial charge is 0.489 e. The predicted octanol–water partition coefficient (Wildman–Crippen LogP) is 4.33. The van der Waals surface area contributed by atoms with Gasteiger partial charge in [0.1, 0.15) is 18.2 Å². The Morgan fingerprint density at radius 2 is 1.68 bits per heavy atom. The van der Waals surface area contributed by atoms with Crippen molar-refractivity contribution in [1.29, 1.82) is 0 Å². The third-order valence-electron chi connectivity index (χ3n) is 3.74. The van der Waals surface area contributed by atoms with Gasteiger partial charge in [-0.3, -0.25) is 4.79 Å². The van der Waals surface area contributed by atoms with Crippen molar-refractivity contribution in [2.24, 2.45) is 0 Å². The van der Waals surface area contributed by atoms with E-state index >= 15 is 0 Å². The Morgan fingerprint density at radius 1 is 0.920 bits per heavy atom. The van der Waals surface area contributed by atoms with Crippen LogP contribution in [0.1, 0.15) is 21.5 Å². The molecule has 25 heavy (non-hydrogen) atoms. The van der Waals surface area contributed by atoms with Crippen molar-refractivity contribution in [3.05, 3.63) is 101 Å². The molecule has 1 N–H and O–H groups in total. The molecule has 3 aromatic rings. The highest BCUT2D eigenvalue weighted by Crippen LogP contribution is 2.15. The summed E-state index contributed by atoms with van der Waals surface area (Å²) in [6.07, 6.45) is 0. The predicted molar refractivity (Wildman–Crippen MR) is 94.8 cm³/mol. The highest BCUT2D eigenvalue weighted by molar-refractivity contribution is 5.94. The molecule has 3 nitrogen and oxygen atoms in total. The molecule has 0 atom stereocenters. The van der Waals surface area contributed by atoms with Crippen LogP contribution in [0.5, 0.6) is 5.75 Å². The lowest BCUT2D eigenvalue weighted by molar-refractivity contribution is 0.0950. The molecular formula is C21H18FNO2. The lowest BCUT2D eigenvalue weighted by Gasteiger charge is -2.09. The van der Waals surface area contributed by atoms with Gasteiger partial charge in [0.25, 0.3) is 5.91 Å². The van der Waals surface area contributed by atoms with Crippen LogP contribution in [0.4, 0.5) is 4.39 Å². The maximum atomic E-state index is 13.6. The Labute approximate surface area is 146 Å². The Balaban J connectivity index is 1.60. The summed E-state index contributed by atoms with van der Waals surface area (Å²) >= 11 is 0. The molecule has 0 aromatic heterocycles. The van der Waals surface area contributed by atoms with E-state index < -0.39 is 0 Å². The van der Waals surface area contributed by atoms with Gasteiger partial charge in [-0.1, -0.05) is 54.6 Å².